The summed E-state index contributed by atoms with van der Waals surface area (Å²) in [5.41, 5.74) is 6.14. The lowest BCUT2D eigenvalue weighted by molar-refractivity contribution is 0.201. The van der Waals surface area contributed by atoms with Gasteiger partial charge in [-0.25, -0.2) is 9.67 Å². The second-order valence-corrected chi connectivity index (χ2v) is 9.83. The van der Waals surface area contributed by atoms with E-state index in [9.17, 15) is 0 Å². The summed E-state index contributed by atoms with van der Waals surface area (Å²) in [7, 11) is 2.06. The summed E-state index contributed by atoms with van der Waals surface area (Å²) < 4.78 is 1.77. The van der Waals surface area contributed by atoms with Crippen molar-refractivity contribution in [2.75, 3.05) is 18.5 Å². The molecule has 0 atom stereocenters. The van der Waals surface area contributed by atoms with Crippen LogP contribution in [0.2, 0.25) is 0 Å². The Bertz CT molecular complexity index is 1410. The number of aliphatic imine (C=N–C) groups is 1. The zero-order chi connectivity index (χ0) is 25.1. The van der Waals surface area contributed by atoms with Gasteiger partial charge < -0.3 is 10.2 Å². The Labute approximate surface area is 218 Å². The molecule has 2 heterocycles. The minimum atomic E-state index is 0.137. The fourth-order valence-corrected chi connectivity index (χ4v) is 5.30. The SMILES string of the molecule is CNC1(c2ccc(/C=N/c3nc(N4CCCc5ccccc54)nn3/C=C/c3ccccc3)cc2)CCC1. The number of aryl methyl sites for hydroxylation is 1. The summed E-state index contributed by atoms with van der Waals surface area (Å²) >= 11 is 0. The average Bonchev–Trinajstić information content (AvgIpc) is 3.34. The van der Waals surface area contributed by atoms with Crippen molar-refractivity contribution >= 4 is 36.1 Å². The molecule has 2 aliphatic rings. The first-order valence-corrected chi connectivity index (χ1v) is 13.1. The van der Waals surface area contributed by atoms with Crippen LogP contribution >= 0.6 is 0 Å². The summed E-state index contributed by atoms with van der Waals surface area (Å²) in [5, 5.41) is 8.38. The van der Waals surface area contributed by atoms with Gasteiger partial charge in [0, 0.05) is 30.2 Å². The fraction of sp³-hybridized carbons (Fsp3) is 0.258. The summed E-state index contributed by atoms with van der Waals surface area (Å²) in [6, 6.07) is 27.4. The van der Waals surface area contributed by atoms with E-state index in [-0.39, 0.29) is 5.54 Å². The molecule has 37 heavy (non-hydrogen) atoms. The molecule has 0 unspecified atom stereocenters. The molecule has 6 rings (SSSR count). The molecule has 1 fully saturated rings. The predicted octanol–water partition coefficient (Wildman–Crippen LogP) is 6.34. The van der Waals surface area contributed by atoms with E-state index in [0.717, 1.165) is 30.5 Å². The Hall–Kier alpha value is -4.03. The number of nitrogens with one attached hydrogen (secondary N) is 1. The van der Waals surface area contributed by atoms with Gasteiger partial charge in [0.05, 0.1) is 0 Å². The molecule has 6 nitrogen and oxygen atoms in total. The Kier molecular flexibility index (Phi) is 6.41. The second-order valence-electron chi connectivity index (χ2n) is 9.83. The molecule has 3 aromatic carbocycles. The van der Waals surface area contributed by atoms with E-state index in [1.807, 2.05) is 36.7 Å². The average molecular weight is 489 g/mol. The summed E-state index contributed by atoms with van der Waals surface area (Å²) in [6.07, 6.45) is 11.7. The van der Waals surface area contributed by atoms with Gasteiger partial charge >= 0.3 is 0 Å². The molecule has 1 aromatic heterocycles. The van der Waals surface area contributed by atoms with E-state index in [2.05, 4.69) is 77.9 Å². The maximum Gasteiger partial charge on any atom is 0.253 e. The molecule has 0 spiro atoms. The van der Waals surface area contributed by atoms with Crippen molar-refractivity contribution in [2.24, 2.45) is 4.99 Å². The summed E-state index contributed by atoms with van der Waals surface area (Å²) in [6.45, 7) is 0.890. The van der Waals surface area contributed by atoms with Crippen LogP contribution in [0.1, 0.15) is 47.9 Å². The van der Waals surface area contributed by atoms with Crippen LogP contribution in [0.25, 0.3) is 12.3 Å². The highest BCUT2D eigenvalue weighted by atomic mass is 15.5. The Balaban J connectivity index is 1.31. The van der Waals surface area contributed by atoms with Crippen molar-refractivity contribution in [2.45, 2.75) is 37.6 Å². The number of benzene rings is 3. The molecule has 0 bridgehead atoms. The van der Waals surface area contributed by atoms with E-state index in [1.165, 1.54) is 36.1 Å². The van der Waals surface area contributed by atoms with Crippen LogP contribution in [-0.4, -0.2) is 34.6 Å². The van der Waals surface area contributed by atoms with Crippen molar-refractivity contribution in [3.05, 3.63) is 101 Å². The third kappa shape index (κ3) is 4.72. The maximum absolute atomic E-state index is 4.87. The lowest BCUT2D eigenvalue weighted by Crippen LogP contribution is -2.45. The highest BCUT2D eigenvalue weighted by molar-refractivity contribution is 5.81. The zero-order valence-electron chi connectivity index (χ0n) is 21.2. The molecule has 6 heteroatoms. The van der Waals surface area contributed by atoms with Gasteiger partial charge in [0.1, 0.15) is 0 Å². The first-order valence-electron chi connectivity index (χ1n) is 13.1. The number of hydrogen-bond donors (Lipinski definition) is 1. The molecule has 0 radical (unpaired) electrons. The number of fused-ring (bicyclic) bond motifs is 1. The molecule has 1 saturated carbocycles. The van der Waals surface area contributed by atoms with Crippen molar-refractivity contribution in [1.29, 1.82) is 0 Å². The Morgan fingerprint density at radius 3 is 2.43 bits per heavy atom. The van der Waals surface area contributed by atoms with Gasteiger partial charge in [0.15, 0.2) is 0 Å². The molecule has 1 aliphatic carbocycles. The van der Waals surface area contributed by atoms with Gasteiger partial charge in [-0.15, -0.1) is 5.10 Å². The summed E-state index contributed by atoms with van der Waals surface area (Å²) in [4.78, 5) is 11.9. The van der Waals surface area contributed by atoms with Crippen LogP contribution in [0.3, 0.4) is 0 Å². The quantitative estimate of drug-likeness (QED) is 0.309. The molecule has 4 aromatic rings. The molecule has 1 N–H and O–H groups in total. The Morgan fingerprint density at radius 2 is 1.68 bits per heavy atom. The normalized spacial score (nSPS) is 16.7. The first-order chi connectivity index (χ1) is 18.2. The minimum absolute atomic E-state index is 0.137. The van der Waals surface area contributed by atoms with Crippen molar-refractivity contribution < 1.29 is 0 Å². The number of anilines is 2. The van der Waals surface area contributed by atoms with Crippen molar-refractivity contribution in [1.82, 2.24) is 20.1 Å². The fourth-order valence-electron chi connectivity index (χ4n) is 5.30. The minimum Gasteiger partial charge on any atom is -0.310 e. The van der Waals surface area contributed by atoms with Gasteiger partial charge in [-0.1, -0.05) is 72.8 Å². The van der Waals surface area contributed by atoms with Crippen LogP contribution in [0, 0.1) is 0 Å². The highest BCUT2D eigenvalue weighted by Gasteiger charge is 2.36. The van der Waals surface area contributed by atoms with E-state index in [4.69, 9.17) is 15.1 Å². The van der Waals surface area contributed by atoms with Crippen molar-refractivity contribution in [3.8, 4) is 0 Å². The maximum atomic E-state index is 4.87. The highest BCUT2D eigenvalue weighted by Crippen LogP contribution is 2.40. The molecule has 0 saturated heterocycles. The molecule has 1 aliphatic heterocycles. The van der Waals surface area contributed by atoms with E-state index in [1.54, 1.807) is 4.68 Å². The number of hydrogen-bond acceptors (Lipinski definition) is 5. The number of nitrogens with zero attached hydrogens (tertiary/aromatic N) is 5. The topological polar surface area (TPSA) is 58.3 Å². The predicted molar refractivity (Wildman–Crippen MR) is 152 cm³/mol. The number of rotatable bonds is 7. The third-order valence-electron chi connectivity index (χ3n) is 7.64. The van der Waals surface area contributed by atoms with Gasteiger partial charge in [-0.2, -0.15) is 4.98 Å². The van der Waals surface area contributed by atoms with Crippen LogP contribution in [-0.2, 0) is 12.0 Å². The second kappa shape index (κ2) is 10.1. The van der Waals surface area contributed by atoms with Gasteiger partial charge in [-0.05, 0) is 73.5 Å². The summed E-state index contributed by atoms with van der Waals surface area (Å²) in [5.74, 6) is 1.23. The smallest absolute Gasteiger partial charge is 0.253 e. The molecular formula is C31H32N6. The van der Waals surface area contributed by atoms with Gasteiger partial charge in [0.2, 0.25) is 0 Å². The van der Waals surface area contributed by atoms with Crippen LogP contribution in [0.5, 0.6) is 0 Å². The molecular weight excluding hydrogens is 456 g/mol. The van der Waals surface area contributed by atoms with Crippen LogP contribution in [0.4, 0.5) is 17.6 Å². The van der Waals surface area contributed by atoms with Crippen molar-refractivity contribution in [3.63, 3.8) is 0 Å². The standard InChI is InChI=1S/C31H32N6/c1-32-31(19-8-20-31)27-16-14-25(15-17-27)23-33-29-34-30(35-37(29)22-18-24-9-3-2-4-10-24)36-21-7-12-26-11-5-6-13-28(26)36/h2-6,9-11,13-18,22-23,32H,7-8,12,19-21H2,1H3/b22-18+,33-23+. The Morgan fingerprint density at radius 1 is 0.892 bits per heavy atom. The third-order valence-corrected chi connectivity index (χ3v) is 7.64. The largest absolute Gasteiger partial charge is 0.310 e. The zero-order valence-corrected chi connectivity index (χ0v) is 21.2. The lowest BCUT2D eigenvalue weighted by Gasteiger charge is -2.42. The van der Waals surface area contributed by atoms with Gasteiger partial charge in [-0.3, -0.25) is 0 Å². The van der Waals surface area contributed by atoms with E-state index >= 15 is 0 Å². The first kappa shape index (κ1) is 23.4. The van der Waals surface area contributed by atoms with E-state index < -0.39 is 0 Å². The van der Waals surface area contributed by atoms with Crippen LogP contribution in [0.15, 0.2) is 83.9 Å². The monoisotopic (exact) mass is 488 g/mol. The van der Waals surface area contributed by atoms with Crippen LogP contribution < -0.4 is 10.2 Å². The molecule has 0 amide bonds. The lowest BCUT2D eigenvalue weighted by atomic mass is 9.72. The molecule has 186 valence electrons. The number of aromatic nitrogens is 3. The number of para-hydroxylation sites is 1. The van der Waals surface area contributed by atoms with E-state index in [0.29, 0.717) is 11.9 Å². The van der Waals surface area contributed by atoms with Gasteiger partial charge in [0.25, 0.3) is 11.9 Å².